The second-order valence-corrected chi connectivity index (χ2v) is 28.6. The van der Waals surface area contributed by atoms with E-state index in [2.05, 4.69) is 47.2 Å². The largest absolute Gasteiger partial charge is 0.493 e. The van der Waals surface area contributed by atoms with Crippen molar-refractivity contribution in [3.8, 4) is 51.4 Å². The maximum absolute atomic E-state index is 14.5. The normalized spacial score (nSPS) is 17.5. The maximum atomic E-state index is 14.5. The number of para-hydroxylation sites is 1. The Hall–Kier alpha value is -12.1. The van der Waals surface area contributed by atoms with Crippen LogP contribution in [0.3, 0.4) is 0 Å². The number of nitrogens with one attached hydrogen (secondary N) is 6. The second-order valence-electron chi connectivity index (χ2n) is 28.6. The van der Waals surface area contributed by atoms with Gasteiger partial charge in [0, 0.05) is 85.8 Å². The molecule has 5 aromatic carbocycles. The van der Waals surface area contributed by atoms with Crippen LogP contribution in [0.1, 0.15) is 123 Å². The minimum absolute atomic E-state index is 0.0296. The molecule has 7 heterocycles. The molecule has 1 saturated carbocycles. The van der Waals surface area contributed by atoms with Gasteiger partial charge in [0.2, 0.25) is 41.3 Å². The number of aliphatic hydroxyl groups is 1. The first kappa shape index (κ1) is 75.2. The van der Waals surface area contributed by atoms with Gasteiger partial charge in [-0.15, -0.1) is 5.10 Å². The first-order chi connectivity index (χ1) is 52.5. The van der Waals surface area contributed by atoms with E-state index >= 15 is 0 Å². The molecule has 0 bridgehead atoms. The number of hydrogen-bond donors (Lipinski definition) is 7. The maximum Gasteiger partial charge on any atom is 0.416 e. The fourth-order valence-electron chi connectivity index (χ4n) is 14.4. The summed E-state index contributed by atoms with van der Waals surface area (Å²) in [5, 5.41) is 37.6. The van der Waals surface area contributed by atoms with Crippen LogP contribution < -0.4 is 65.4 Å². The quantitative estimate of drug-likeness (QED) is 0.0255. The molecule has 5 aliphatic heterocycles. The highest BCUT2D eigenvalue weighted by Gasteiger charge is 2.58. The molecule has 30 nitrogen and oxygen atoms in total. The van der Waals surface area contributed by atoms with Crippen molar-refractivity contribution in [3.05, 3.63) is 149 Å². The summed E-state index contributed by atoms with van der Waals surface area (Å²) >= 11 is 0. The number of aromatic nitrogens is 4. The van der Waals surface area contributed by atoms with Gasteiger partial charge in [-0.3, -0.25) is 38.4 Å². The number of nitrogens with zero attached hydrogens (tertiary/aromatic N) is 8. The van der Waals surface area contributed by atoms with E-state index in [0.717, 1.165) is 51.3 Å². The first-order valence-electron chi connectivity index (χ1n) is 36.4. The lowest BCUT2D eigenvalue weighted by molar-refractivity contribution is -0.132. The molecule has 30 heteroatoms. The average Bonchev–Trinajstić information content (AvgIpc) is 1.58. The number of anilines is 4. The number of aliphatic hydroxyl groups excluding tert-OH is 1. The van der Waals surface area contributed by atoms with E-state index in [1.54, 1.807) is 84.3 Å². The number of benzene rings is 5. The van der Waals surface area contributed by atoms with E-state index in [4.69, 9.17) is 28.4 Å². The van der Waals surface area contributed by atoms with E-state index in [9.17, 15) is 48.3 Å². The van der Waals surface area contributed by atoms with E-state index in [-0.39, 0.29) is 97.2 Å². The van der Waals surface area contributed by atoms with Crippen molar-refractivity contribution < 1.29 is 76.7 Å². The molecule has 109 heavy (non-hydrogen) atoms. The zero-order chi connectivity index (χ0) is 76.9. The number of carbonyl (C=O) groups is 9. The number of amides is 9. The molecular weight excluding hydrogens is 1400 g/mol. The van der Waals surface area contributed by atoms with Crippen LogP contribution in [0.2, 0.25) is 0 Å². The summed E-state index contributed by atoms with van der Waals surface area (Å²) in [6.45, 7) is 8.92. The van der Waals surface area contributed by atoms with Gasteiger partial charge in [0.25, 0.3) is 11.8 Å². The molecule has 1 unspecified atom stereocenters. The highest BCUT2D eigenvalue weighted by molar-refractivity contribution is 6.07. The third-order valence-electron chi connectivity index (χ3n) is 20.5. The summed E-state index contributed by atoms with van der Waals surface area (Å²) in [6, 6.07) is 28.5. The summed E-state index contributed by atoms with van der Waals surface area (Å²) in [4.78, 5) is 134. The highest BCUT2D eigenvalue weighted by atomic mass is 16.6. The van der Waals surface area contributed by atoms with E-state index < -0.39 is 79.0 Å². The van der Waals surface area contributed by atoms with Gasteiger partial charge in [-0.2, -0.15) is 0 Å². The molecule has 1 saturated heterocycles. The van der Waals surface area contributed by atoms with Crippen LogP contribution in [-0.2, 0) is 46.7 Å². The molecule has 7 N–H and O–H groups in total. The van der Waals surface area contributed by atoms with E-state index in [1.165, 1.54) is 33.3 Å². The summed E-state index contributed by atoms with van der Waals surface area (Å²) in [5.41, 5.74) is 8.33. The zero-order valence-electron chi connectivity index (χ0n) is 61.8. The molecule has 1 aliphatic carbocycles. The Balaban J connectivity index is 0.569. The first-order valence-corrected chi connectivity index (χ1v) is 36.4. The minimum Gasteiger partial charge on any atom is -0.493 e. The Morgan fingerprint density at radius 2 is 1.40 bits per heavy atom. The Kier molecular flexibility index (Phi) is 22.2. The third-order valence-corrected chi connectivity index (χ3v) is 20.5. The van der Waals surface area contributed by atoms with Crippen molar-refractivity contribution in [3.63, 3.8) is 0 Å². The summed E-state index contributed by atoms with van der Waals surface area (Å²) in [6.07, 6.45) is 3.97. The third kappa shape index (κ3) is 16.1. The molecular formula is C79H88N14O16. The van der Waals surface area contributed by atoms with Gasteiger partial charge in [0.05, 0.1) is 100 Å². The molecule has 7 aromatic rings. The monoisotopic (exact) mass is 1490 g/mol. The molecule has 2 aromatic heterocycles. The van der Waals surface area contributed by atoms with Gasteiger partial charge in [0.15, 0.2) is 29.2 Å². The second kappa shape index (κ2) is 32.2. The SMILES string of the molecule is COc1ccc(C2=CN3C(=O)c4cc(OC)c(OCCCOc5cc6c(cc5OC)C(=O)N5CC7(CC7)C[C@H]5C(O)N6C(=O)OCc5ccc(NC(=O)[C@H](C)NC(=O)[C@@H](NC(=O)CNC(=O)CNC(=O)CCC(=O)N6Cc7ccccc7-c7nnn(C(C)C)c7-c7ccccc76)C(C)C)cc5)cc4NC[C@@H]3C2)cn1. The number of rotatable bonds is 26. The van der Waals surface area contributed by atoms with Crippen LogP contribution in [0.15, 0.2) is 122 Å². The van der Waals surface area contributed by atoms with Gasteiger partial charge in [0.1, 0.15) is 24.4 Å². The van der Waals surface area contributed by atoms with Crippen molar-refractivity contribution in [1.29, 1.82) is 0 Å². The van der Waals surface area contributed by atoms with Crippen LogP contribution in [-0.4, -0.2) is 179 Å². The lowest BCUT2D eigenvalue weighted by Gasteiger charge is -2.31. The van der Waals surface area contributed by atoms with Crippen LogP contribution in [0.5, 0.6) is 28.9 Å². The Bertz CT molecular complexity index is 4710. The number of carbonyl (C=O) groups excluding carboxylic acids is 9. The summed E-state index contributed by atoms with van der Waals surface area (Å²) in [7, 11) is 4.49. The zero-order valence-corrected chi connectivity index (χ0v) is 61.8. The smallest absolute Gasteiger partial charge is 0.416 e. The summed E-state index contributed by atoms with van der Waals surface area (Å²) in [5.74, 6) is -2.90. The van der Waals surface area contributed by atoms with Crippen molar-refractivity contribution >= 4 is 81.7 Å². The Labute approximate surface area is 629 Å². The number of pyridine rings is 1. The average molecular weight is 1490 g/mol. The summed E-state index contributed by atoms with van der Waals surface area (Å²) < 4.78 is 37.0. The molecule has 5 atom stereocenters. The fourth-order valence-corrected chi connectivity index (χ4v) is 14.4. The van der Waals surface area contributed by atoms with Gasteiger partial charge >= 0.3 is 6.09 Å². The van der Waals surface area contributed by atoms with Crippen molar-refractivity contribution in [1.82, 2.24) is 51.0 Å². The predicted octanol–water partition coefficient (Wildman–Crippen LogP) is 7.76. The minimum atomic E-state index is -1.51. The topological polar surface area (TPSA) is 358 Å². The lowest BCUT2D eigenvalue weighted by Crippen LogP contribution is -2.55. The molecule has 1 spiro atoms. The molecule has 9 amide bonds. The van der Waals surface area contributed by atoms with Crippen LogP contribution in [0.4, 0.5) is 27.5 Å². The Morgan fingerprint density at radius 1 is 0.706 bits per heavy atom. The number of hydrogen-bond acceptors (Lipinski definition) is 20. The number of methoxy groups -OCH3 is 3. The van der Waals surface area contributed by atoms with Crippen LogP contribution in [0, 0.1) is 11.3 Å². The van der Waals surface area contributed by atoms with Crippen molar-refractivity contribution in [2.24, 2.45) is 11.3 Å². The molecule has 570 valence electrons. The molecule has 2 fully saturated rings. The fraction of sp³-hybridized carbons (Fsp3) is 0.392. The molecule has 13 rings (SSSR count). The van der Waals surface area contributed by atoms with E-state index in [0.29, 0.717) is 83.6 Å². The highest BCUT2D eigenvalue weighted by Crippen LogP contribution is 2.57. The van der Waals surface area contributed by atoms with Crippen molar-refractivity contribution in [2.45, 2.75) is 129 Å². The number of fused-ring (bicyclic) bond motifs is 9. The van der Waals surface area contributed by atoms with E-state index in [1.807, 2.05) is 79.3 Å². The lowest BCUT2D eigenvalue weighted by atomic mass is 9.95. The van der Waals surface area contributed by atoms with Gasteiger partial charge in [-0.25, -0.2) is 19.4 Å². The van der Waals surface area contributed by atoms with Gasteiger partial charge in [-0.05, 0) is 116 Å². The Morgan fingerprint density at radius 3 is 2.10 bits per heavy atom. The molecule has 0 radical (unpaired) electrons. The standard InChI is InChI=1S/C79H88N14O16/c1-44(2)70(86-67(96)39-82-66(95)38-81-65(94)23-25-69(97)90-40-49-14-9-10-15-53(49)71-72(93(45(3)4)88-87-71)54-16-11-12-17-58(54)90)74(99)84-46(5)73(98)85-51-21-18-47(19-22-51)42-109-78(103)92-59-34-64(62(105-7)32-56(59)76(101)91-43-79(26-27-79)35-60(91)77(92)102)108-29-13-28-107-63-33-57-55(31-61(63)104-6)75(100)89-41-50(30-52(89)37-80-57)48-20-24-68(106-8)83-36-48/h9-12,14-22,24,31-34,36,41,44-46,52,60,70,77,80,102H,13,23,25-30,35,37-40,42-43H2,1-8H3,(H,81,94)(H,82,95)(H,84,99)(H,85,98)(H,86,96)/t46-,52-,60-,70-,77?/m0/s1. The van der Waals surface area contributed by atoms with Crippen LogP contribution in [0.25, 0.3) is 28.1 Å². The van der Waals surface area contributed by atoms with Crippen LogP contribution >= 0.6 is 0 Å². The number of ether oxygens (including phenoxy) is 6. The predicted molar refractivity (Wildman–Crippen MR) is 400 cm³/mol. The van der Waals surface area contributed by atoms with Crippen molar-refractivity contribution in [2.75, 3.05) is 81.2 Å². The molecule has 6 aliphatic rings. The van der Waals surface area contributed by atoms with Gasteiger partial charge in [-0.1, -0.05) is 73.7 Å². The van der Waals surface area contributed by atoms with Gasteiger partial charge < -0.3 is 80.1 Å².